The molecule has 2 rings (SSSR count). The Morgan fingerprint density at radius 3 is 3.10 bits per heavy atom. The highest BCUT2D eigenvalue weighted by Crippen LogP contribution is 2.28. The minimum absolute atomic E-state index is 0.0956. The van der Waals surface area contributed by atoms with Crippen molar-refractivity contribution in [3.63, 3.8) is 0 Å². The summed E-state index contributed by atoms with van der Waals surface area (Å²) in [5, 5.41) is 6.21. The van der Waals surface area contributed by atoms with Crippen molar-refractivity contribution in [1.82, 2.24) is 10.2 Å². The number of rotatable bonds is 8. The average molecular weight is 293 g/mol. The molecule has 1 aliphatic rings. The number of methoxy groups -OCH3 is 1. The lowest BCUT2D eigenvalue weighted by Gasteiger charge is -2.19. The Kier molecular flexibility index (Phi) is 5.98. The third-order valence-corrected chi connectivity index (χ3v) is 3.35. The van der Waals surface area contributed by atoms with Crippen molar-refractivity contribution in [2.45, 2.75) is 6.54 Å². The van der Waals surface area contributed by atoms with Crippen molar-refractivity contribution >= 4 is 11.6 Å². The van der Waals surface area contributed by atoms with Crippen molar-refractivity contribution in [3.8, 4) is 5.75 Å². The number of anilines is 1. The maximum atomic E-state index is 11.3. The zero-order valence-electron chi connectivity index (χ0n) is 12.6. The van der Waals surface area contributed by atoms with E-state index >= 15 is 0 Å². The number of fused-ring (bicyclic) bond motifs is 1. The quantitative estimate of drug-likeness (QED) is 0.690. The molecule has 0 atom stereocenters. The summed E-state index contributed by atoms with van der Waals surface area (Å²) in [4.78, 5) is 13.5. The van der Waals surface area contributed by atoms with Crippen LogP contribution in [-0.4, -0.2) is 57.8 Å². The molecule has 0 aromatic heterocycles. The molecule has 6 nitrogen and oxygen atoms in total. The molecule has 0 bridgehead atoms. The van der Waals surface area contributed by atoms with Crippen LogP contribution >= 0.6 is 0 Å². The fraction of sp³-hybridized carbons (Fsp3) is 0.533. The van der Waals surface area contributed by atoms with Gasteiger partial charge < -0.3 is 25.0 Å². The lowest BCUT2D eigenvalue weighted by atomic mass is 10.1. The Morgan fingerprint density at radius 2 is 2.29 bits per heavy atom. The number of nitrogens with one attached hydrogen (secondary N) is 2. The van der Waals surface area contributed by atoms with Crippen LogP contribution in [0.25, 0.3) is 0 Å². The Labute approximate surface area is 125 Å². The zero-order chi connectivity index (χ0) is 15.1. The Morgan fingerprint density at radius 1 is 1.43 bits per heavy atom. The highest BCUT2D eigenvalue weighted by Gasteiger charge is 2.15. The second-order valence-electron chi connectivity index (χ2n) is 5.14. The molecule has 0 aliphatic carbocycles. The molecular weight excluding hydrogens is 270 g/mol. The summed E-state index contributed by atoms with van der Waals surface area (Å²) in [7, 11) is 3.79. The maximum absolute atomic E-state index is 11.3. The van der Waals surface area contributed by atoms with E-state index in [9.17, 15) is 4.79 Å². The predicted octanol–water partition coefficient (Wildman–Crippen LogP) is 0.685. The van der Waals surface area contributed by atoms with Gasteiger partial charge in [-0.05, 0) is 24.7 Å². The van der Waals surface area contributed by atoms with E-state index in [0.29, 0.717) is 0 Å². The largest absolute Gasteiger partial charge is 0.482 e. The van der Waals surface area contributed by atoms with Crippen LogP contribution in [0.15, 0.2) is 18.2 Å². The Balaban J connectivity index is 1.74. The van der Waals surface area contributed by atoms with E-state index in [2.05, 4.69) is 22.6 Å². The number of hydrogen-bond acceptors (Lipinski definition) is 5. The van der Waals surface area contributed by atoms with Crippen molar-refractivity contribution in [2.75, 3.05) is 52.3 Å². The molecule has 0 unspecified atom stereocenters. The molecule has 1 aromatic rings. The van der Waals surface area contributed by atoms with Crippen LogP contribution in [0.4, 0.5) is 5.69 Å². The van der Waals surface area contributed by atoms with E-state index < -0.39 is 0 Å². The summed E-state index contributed by atoms with van der Waals surface area (Å²) in [6.07, 6.45) is 0. The smallest absolute Gasteiger partial charge is 0.262 e. The average Bonchev–Trinajstić information content (AvgIpc) is 2.49. The fourth-order valence-corrected chi connectivity index (χ4v) is 2.10. The fourth-order valence-electron chi connectivity index (χ4n) is 2.10. The maximum Gasteiger partial charge on any atom is 0.262 e. The molecule has 1 aliphatic heterocycles. The minimum Gasteiger partial charge on any atom is -0.482 e. The van der Waals surface area contributed by atoms with Crippen molar-refractivity contribution in [2.24, 2.45) is 0 Å². The molecule has 0 fully saturated rings. The van der Waals surface area contributed by atoms with E-state index in [-0.39, 0.29) is 12.5 Å². The van der Waals surface area contributed by atoms with Gasteiger partial charge in [-0.15, -0.1) is 0 Å². The number of amides is 1. The zero-order valence-corrected chi connectivity index (χ0v) is 12.6. The summed E-state index contributed by atoms with van der Waals surface area (Å²) in [5.41, 5.74) is 1.88. The third-order valence-electron chi connectivity index (χ3n) is 3.35. The lowest BCUT2D eigenvalue weighted by molar-refractivity contribution is -0.118. The van der Waals surface area contributed by atoms with Crippen LogP contribution in [0, 0.1) is 0 Å². The molecule has 116 valence electrons. The van der Waals surface area contributed by atoms with Crippen LogP contribution < -0.4 is 15.4 Å². The molecule has 6 heteroatoms. The SMILES string of the molecule is COCCN(C)CCNCc1ccc2c(c1)NC(=O)CO2. The summed E-state index contributed by atoms with van der Waals surface area (Å²) < 4.78 is 10.4. The summed E-state index contributed by atoms with van der Waals surface area (Å²) in [6.45, 7) is 4.41. The van der Waals surface area contributed by atoms with Gasteiger partial charge in [0.2, 0.25) is 0 Å². The first-order valence-electron chi connectivity index (χ1n) is 7.13. The molecule has 1 heterocycles. The van der Waals surface area contributed by atoms with Crippen LogP contribution in [0.5, 0.6) is 5.75 Å². The first-order valence-corrected chi connectivity index (χ1v) is 7.13. The summed E-state index contributed by atoms with van der Waals surface area (Å²) in [5.74, 6) is 0.630. The van der Waals surface area contributed by atoms with Gasteiger partial charge in [0, 0.05) is 33.3 Å². The molecule has 2 N–H and O–H groups in total. The Hall–Kier alpha value is -1.63. The second-order valence-corrected chi connectivity index (χ2v) is 5.14. The summed E-state index contributed by atoms with van der Waals surface area (Å²) >= 11 is 0. The van der Waals surface area contributed by atoms with E-state index in [4.69, 9.17) is 9.47 Å². The lowest BCUT2D eigenvalue weighted by Crippen LogP contribution is -2.31. The Bertz CT molecular complexity index is 479. The van der Waals surface area contributed by atoms with Gasteiger partial charge in [0.05, 0.1) is 12.3 Å². The van der Waals surface area contributed by atoms with Crippen LogP contribution in [0.2, 0.25) is 0 Å². The van der Waals surface area contributed by atoms with E-state index in [1.165, 1.54) is 0 Å². The third kappa shape index (κ3) is 5.00. The van der Waals surface area contributed by atoms with E-state index in [1.54, 1.807) is 7.11 Å². The van der Waals surface area contributed by atoms with Gasteiger partial charge in [-0.1, -0.05) is 6.07 Å². The predicted molar refractivity (Wildman–Crippen MR) is 81.6 cm³/mol. The van der Waals surface area contributed by atoms with Crippen molar-refractivity contribution < 1.29 is 14.3 Å². The molecule has 21 heavy (non-hydrogen) atoms. The molecule has 0 spiro atoms. The van der Waals surface area contributed by atoms with Crippen molar-refractivity contribution in [3.05, 3.63) is 23.8 Å². The van der Waals surface area contributed by atoms with Gasteiger partial charge in [-0.25, -0.2) is 0 Å². The number of nitrogens with zero attached hydrogens (tertiary/aromatic N) is 1. The first-order chi connectivity index (χ1) is 10.2. The summed E-state index contributed by atoms with van der Waals surface area (Å²) in [6, 6.07) is 5.86. The van der Waals surface area contributed by atoms with Gasteiger partial charge in [-0.2, -0.15) is 0 Å². The monoisotopic (exact) mass is 293 g/mol. The number of likely N-dealkylation sites (N-methyl/N-ethyl adjacent to an activating group) is 1. The number of ether oxygens (including phenoxy) is 2. The van der Waals surface area contributed by atoms with Gasteiger partial charge in [0.1, 0.15) is 5.75 Å². The minimum atomic E-state index is -0.104. The number of hydrogen-bond donors (Lipinski definition) is 2. The molecular formula is C15H23N3O3. The number of carbonyl (C=O) groups is 1. The van der Waals surface area contributed by atoms with Crippen molar-refractivity contribution in [1.29, 1.82) is 0 Å². The number of carbonyl (C=O) groups excluding carboxylic acids is 1. The molecule has 1 amide bonds. The number of benzene rings is 1. The van der Waals surface area contributed by atoms with Gasteiger partial charge in [-0.3, -0.25) is 4.79 Å². The van der Waals surface area contributed by atoms with Crippen LogP contribution in [0.1, 0.15) is 5.56 Å². The second kappa shape index (κ2) is 7.97. The molecule has 0 radical (unpaired) electrons. The highest BCUT2D eigenvalue weighted by atomic mass is 16.5. The van der Waals surface area contributed by atoms with E-state index in [1.807, 2.05) is 18.2 Å². The van der Waals surface area contributed by atoms with Crippen LogP contribution in [-0.2, 0) is 16.1 Å². The molecule has 1 aromatic carbocycles. The first kappa shape index (κ1) is 15.8. The molecule has 0 saturated heterocycles. The van der Waals surface area contributed by atoms with Crippen LogP contribution in [0.3, 0.4) is 0 Å². The van der Waals surface area contributed by atoms with Gasteiger partial charge >= 0.3 is 0 Å². The van der Waals surface area contributed by atoms with Gasteiger partial charge in [0.15, 0.2) is 6.61 Å². The highest BCUT2D eigenvalue weighted by molar-refractivity contribution is 5.95. The topological polar surface area (TPSA) is 62.8 Å². The van der Waals surface area contributed by atoms with E-state index in [0.717, 1.165) is 49.8 Å². The van der Waals surface area contributed by atoms with Gasteiger partial charge in [0.25, 0.3) is 5.91 Å². The normalized spacial score (nSPS) is 13.8. The standard InChI is InChI=1S/C15H23N3O3/c1-18(7-8-20-2)6-5-16-10-12-3-4-14-13(9-12)17-15(19)11-21-14/h3-4,9,16H,5-8,10-11H2,1-2H3,(H,17,19). The molecule has 0 saturated carbocycles.